The maximum atomic E-state index is 12.1. The van der Waals surface area contributed by atoms with E-state index in [2.05, 4.69) is 11.9 Å². The molecule has 0 radical (unpaired) electrons. The van der Waals surface area contributed by atoms with Gasteiger partial charge in [0.1, 0.15) is 0 Å². The summed E-state index contributed by atoms with van der Waals surface area (Å²) in [5.41, 5.74) is 1.28. The smallest absolute Gasteiger partial charge is 0.335 e. The van der Waals surface area contributed by atoms with E-state index in [1.54, 1.807) is 10.6 Å². The number of ether oxygens (including phenoxy) is 1. The summed E-state index contributed by atoms with van der Waals surface area (Å²) in [6.07, 6.45) is 2.08. The number of hydrogen-bond donors (Lipinski definition) is 2. The van der Waals surface area contributed by atoms with Crippen LogP contribution in [0.15, 0.2) is 23.0 Å². The zero-order chi connectivity index (χ0) is 15.0. The number of carboxylic acid groups (broad SMARTS) is 1. The average Bonchev–Trinajstić information content (AvgIpc) is 3.03. The molecule has 21 heavy (non-hydrogen) atoms. The summed E-state index contributed by atoms with van der Waals surface area (Å²) in [5.74, 6) is -0.674. The molecule has 1 aromatic carbocycles. The van der Waals surface area contributed by atoms with Crippen LogP contribution in [-0.4, -0.2) is 33.3 Å². The Labute approximate surface area is 121 Å². The summed E-state index contributed by atoms with van der Waals surface area (Å²) >= 11 is 0. The Morgan fingerprint density at radius 2 is 2.33 bits per heavy atom. The number of nitrogens with one attached hydrogen (secondary N) is 1. The van der Waals surface area contributed by atoms with Crippen molar-refractivity contribution in [3.05, 3.63) is 34.2 Å². The number of benzene rings is 1. The molecule has 3 rings (SSSR count). The Hall–Kier alpha value is -2.08. The molecule has 6 nitrogen and oxygen atoms in total. The number of aromatic carboxylic acids is 1. The second kappa shape index (κ2) is 5.37. The van der Waals surface area contributed by atoms with Gasteiger partial charge < -0.3 is 14.8 Å². The molecule has 2 unspecified atom stereocenters. The summed E-state index contributed by atoms with van der Waals surface area (Å²) < 4.78 is 7.35. The van der Waals surface area contributed by atoms with Crippen molar-refractivity contribution in [3.8, 4) is 0 Å². The quantitative estimate of drug-likeness (QED) is 0.900. The fraction of sp³-hybridized carbons (Fsp3) is 0.467. The van der Waals surface area contributed by atoms with Crippen molar-refractivity contribution < 1.29 is 14.6 Å². The summed E-state index contributed by atoms with van der Waals surface area (Å²) in [6.45, 7) is 3.42. The highest BCUT2D eigenvalue weighted by atomic mass is 16.5. The fourth-order valence-electron chi connectivity index (χ4n) is 3.07. The zero-order valence-electron chi connectivity index (χ0n) is 11.8. The van der Waals surface area contributed by atoms with Crippen LogP contribution in [0.2, 0.25) is 0 Å². The SMILES string of the molecule is CCC1OCCC1Cn1c(=O)[nH]c2cc(C(=O)O)ccc21. The Morgan fingerprint density at radius 1 is 1.52 bits per heavy atom. The number of carboxylic acids is 1. The minimum atomic E-state index is -0.999. The van der Waals surface area contributed by atoms with Crippen molar-refractivity contribution in [2.45, 2.75) is 32.4 Å². The second-order valence-corrected chi connectivity index (χ2v) is 5.44. The van der Waals surface area contributed by atoms with Gasteiger partial charge in [-0.15, -0.1) is 0 Å². The first kappa shape index (κ1) is 13.9. The molecule has 6 heteroatoms. The van der Waals surface area contributed by atoms with Gasteiger partial charge in [0.2, 0.25) is 0 Å². The lowest BCUT2D eigenvalue weighted by atomic mass is 9.99. The lowest BCUT2D eigenvalue weighted by molar-refractivity contribution is 0.0697. The molecule has 1 aromatic heterocycles. The van der Waals surface area contributed by atoms with Crippen molar-refractivity contribution in [1.82, 2.24) is 9.55 Å². The van der Waals surface area contributed by atoms with Gasteiger partial charge in [-0.25, -0.2) is 9.59 Å². The summed E-state index contributed by atoms with van der Waals surface area (Å²) in [4.78, 5) is 25.8. The van der Waals surface area contributed by atoms with E-state index in [1.807, 2.05) is 0 Å². The first-order valence-corrected chi connectivity index (χ1v) is 7.17. The molecule has 1 aliphatic rings. The summed E-state index contributed by atoms with van der Waals surface area (Å²) in [7, 11) is 0. The van der Waals surface area contributed by atoms with Crippen LogP contribution < -0.4 is 5.69 Å². The van der Waals surface area contributed by atoms with Gasteiger partial charge in [0.25, 0.3) is 0 Å². The Balaban J connectivity index is 1.97. The van der Waals surface area contributed by atoms with Gasteiger partial charge in [-0.1, -0.05) is 6.92 Å². The molecule has 0 aliphatic carbocycles. The Kier molecular flexibility index (Phi) is 3.55. The lowest BCUT2D eigenvalue weighted by Gasteiger charge is -2.17. The van der Waals surface area contributed by atoms with Gasteiger partial charge in [-0.05, 0) is 31.0 Å². The van der Waals surface area contributed by atoms with Crippen molar-refractivity contribution in [2.24, 2.45) is 5.92 Å². The van der Waals surface area contributed by atoms with Crippen LogP contribution in [-0.2, 0) is 11.3 Å². The third-order valence-corrected chi connectivity index (χ3v) is 4.19. The molecule has 1 fully saturated rings. The molecule has 0 amide bonds. The number of hydrogen-bond acceptors (Lipinski definition) is 3. The maximum Gasteiger partial charge on any atom is 0.335 e. The van der Waals surface area contributed by atoms with E-state index in [0.717, 1.165) is 25.0 Å². The molecule has 1 saturated heterocycles. The number of H-pyrrole nitrogens is 1. The van der Waals surface area contributed by atoms with Crippen LogP contribution in [0.4, 0.5) is 0 Å². The van der Waals surface area contributed by atoms with E-state index in [4.69, 9.17) is 9.84 Å². The topological polar surface area (TPSA) is 84.3 Å². The predicted octanol–water partition coefficient (Wildman–Crippen LogP) is 1.84. The normalized spacial score (nSPS) is 22.0. The number of nitrogens with zero attached hydrogens (tertiary/aromatic N) is 1. The van der Waals surface area contributed by atoms with Gasteiger partial charge in [0.15, 0.2) is 0 Å². The Morgan fingerprint density at radius 3 is 3.05 bits per heavy atom. The minimum Gasteiger partial charge on any atom is -0.478 e. The number of aromatic nitrogens is 2. The number of carbonyl (C=O) groups is 1. The number of fused-ring (bicyclic) bond motifs is 1. The third kappa shape index (κ3) is 2.47. The molecule has 2 N–H and O–H groups in total. The Bertz CT molecular complexity index is 731. The van der Waals surface area contributed by atoms with Gasteiger partial charge in [0, 0.05) is 19.1 Å². The fourth-order valence-corrected chi connectivity index (χ4v) is 3.07. The maximum absolute atomic E-state index is 12.1. The average molecular weight is 290 g/mol. The number of aromatic amines is 1. The van der Waals surface area contributed by atoms with Crippen LogP contribution in [0.5, 0.6) is 0 Å². The molecular formula is C15H18N2O4. The molecule has 112 valence electrons. The highest BCUT2D eigenvalue weighted by Crippen LogP contribution is 2.25. The molecule has 0 saturated carbocycles. The third-order valence-electron chi connectivity index (χ3n) is 4.19. The molecular weight excluding hydrogens is 272 g/mol. The molecule has 0 bridgehead atoms. The van der Waals surface area contributed by atoms with E-state index in [-0.39, 0.29) is 17.4 Å². The van der Waals surface area contributed by atoms with Crippen LogP contribution in [0.1, 0.15) is 30.1 Å². The summed E-state index contributed by atoms with van der Waals surface area (Å²) in [5, 5.41) is 9.00. The van der Waals surface area contributed by atoms with Crippen molar-refractivity contribution in [1.29, 1.82) is 0 Å². The first-order valence-electron chi connectivity index (χ1n) is 7.17. The highest BCUT2D eigenvalue weighted by Gasteiger charge is 2.28. The van der Waals surface area contributed by atoms with Crippen LogP contribution in [0.3, 0.4) is 0 Å². The largest absolute Gasteiger partial charge is 0.478 e. The zero-order valence-corrected chi connectivity index (χ0v) is 11.8. The van der Waals surface area contributed by atoms with E-state index >= 15 is 0 Å². The predicted molar refractivity (Wildman–Crippen MR) is 77.7 cm³/mol. The van der Waals surface area contributed by atoms with Crippen LogP contribution >= 0.6 is 0 Å². The van der Waals surface area contributed by atoms with Gasteiger partial charge >= 0.3 is 11.7 Å². The van der Waals surface area contributed by atoms with Gasteiger partial charge in [-0.2, -0.15) is 0 Å². The van der Waals surface area contributed by atoms with Crippen molar-refractivity contribution in [3.63, 3.8) is 0 Å². The van der Waals surface area contributed by atoms with E-state index in [0.29, 0.717) is 18.0 Å². The monoisotopic (exact) mass is 290 g/mol. The number of rotatable bonds is 4. The number of imidazole rings is 1. The highest BCUT2D eigenvalue weighted by molar-refractivity contribution is 5.92. The van der Waals surface area contributed by atoms with Crippen LogP contribution in [0.25, 0.3) is 11.0 Å². The van der Waals surface area contributed by atoms with Crippen molar-refractivity contribution >= 4 is 17.0 Å². The molecule has 2 aromatic rings. The van der Waals surface area contributed by atoms with Crippen molar-refractivity contribution in [2.75, 3.05) is 6.61 Å². The van der Waals surface area contributed by atoms with Gasteiger partial charge in [0.05, 0.1) is 22.7 Å². The standard InChI is InChI=1S/C15H18N2O4/c1-2-13-10(5-6-21-13)8-17-12-4-3-9(14(18)19)7-11(12)16-15(17)20/h3-4,7,10,13H,2,5-6,8H2,1H3,(H,16,20)(H,18,19). The molecule has 2 atom stereocenters. The summed E-state index contributed by atoms with van der Waals surface area (Å²) in [6, 6.07) is 4.71. The van der Waals surface area contributed by atoms with Crippen LogP contribution in [0, 0.1) is 5.92 Å². The second-order valence-electron chi connectivity index (χ2n) is 5.44. The molecule has 2 heterocycles. The first-order chi connectivity index (χ1) is 10.1. The van der Waals surface area contributed by atoms with E-state index < -0.39 is 5.97 Å². The van der Waals surface area contributed by atoms with Gasteiger partial charge in [-0.3, -0.25) is 4.57 Å². The molecule has 1 aliphatic heterocycles. The lowest BCUT2D eigenvalue weighted by Crippen LogP contribution is -2.26. The minimum absolute atomic E-state index is 0.173. The van der Waals surface area contributed by atoms with E-state index in [1.165, 1.54) is 12.1 Å². The van der Waals surface area contributed by atoms with E-state index in [9.17, 15) is 9.59 Å². The molecule has 0 spiro atoms.